The maximum atomic E-state index is 12.2. The molecule has 1 atom stereocenters. The van der Waals surface area contributed by atoms with Crippen molar-refractivity contribution in [3.63, 3.8) is 0 Å². The molecule has 20 heavy (non-hydrogen) atoms. The van der Waals surface area contributed by atoms with E-state index in [1.165, 1.54) is 18.4 Å². The minimum Gasteiger partial charge on any atom is -0.394 e. The van der Waals surface area contributed by atoms with Gasteiger partial charge in [-0.25, -0.2) is 0 Å². The highest BCUT2D eigenvalue weighted by Gasteiger charge is 2.20. The summed E-state index contributed by atoms with van der Waals surface area (Å²) < 4.78 is 5.76. The van der Waals surface area contributed by atoms with E-state index in [1.807, 2.05) is 0 Å². The van der Waals surface area contributed by atoms with E-state index in [4.69, 9.17) is 33.0 Å². The Labute approximate surface area is 130 Å². The summed E-state index contributed by atoms with van der Waals surface area (Å²) in [5.41, 5.74) is 0. The van der Waals surface area contributed by atoms with Gasteiger partial charge in [-0.1, -0.05) is 29.3 Å². The summed E-state index contributed by atoms with van der Waals surface area (Å²) in [6.45, 7) is 0.0322. The van der Waals surface area contributed by atoms with Gasteiger partial charge in [0.05, 0.1) is 24.3 Å². The number of carbonyl (C=O) groups excluding carboxylic acids is 1. The van der Waals surface area contributed by atoms with Gasteiger partial charge >= 0.3 is 0 Å². The Morgan fingerprint density at radius 2 is 2.25 bits per heavy atom. The van der Waals surface area contributed by atoms with Crippen molar-refractivity contribution in [3.8, 4) is 0 Å². The first kappa shape index (κ1) is 15.5. The number of halogens is 2. The molecule has 2 rings (SSSR count). The van der Waals surface area contributed by atoms with Gasteiger partial charge in [0.25, 0.3) is 5.91 Å². The minimum atomic E-state index is -0.461. The third kappa shape index (κ3) is 3.24. The molecular formula is C13H13Cl2NO3S. The number of aliphatic hydroxyl groups is 1. The maximum absolute atomic E-state index is 12.2. The Kier molecular flexibility index (Phi) is 5.23. The van der Waals surface area contributed by atoms with E-state index in [1.54, 1.807) is 18.2 Å². The number of amides is 1. The summed E-state index contributed by atoms with van der Waals surface area (Å²) in [7, 11) is 1.50. The van der Waals surface area contributed by atoms with Crippen LogP contribution in [-0.2, 0) is 4.74 Å². The first-order chi connectivity index (χ1) is 9.56. The van der Waals surface area contributed by atoms with Crippen LogP contribution in [0.15, 0.2) is 18.2 Å². The number of hydrogen-bond donors (Lipinski definition) is 2. The number of thiophene rings is 1. The molecule has 0 fully saturated rings. The molecule has 0 radical (unpaired) electrons. The number of hydrogen-bond acceptors (Lipinski definition) is 4. The molecule has 0 saturated carbocycles. The predicted octanol–water partition coefficient (Wildman–Crippen LogP) is 2.95. The molecule has 0 aliphatic carbocycles. The predicted molar refractivity (Wildman–Crippen MR) is 82.1 cm³/mol. The molecule has 1 unspecified atom stereocenters. The van der Waals surface area contributed by atoms with Gasteiger partial charge < -0.3 is 15.2 Å². The Bertz CT molecular complexity index is 629. The second kappa shape index (κ2) is 6.74. The summed E-state index contributed by atoms with van der Waals surface area (Å²) in [6.07, 6.45) is 0. The van der Waals surface area contributed by atoms with Crippen LogP contribution in [0.2, 0.25) is 10.0 Å². The van der Waals surface area contributed by atoms with Crippen LogP contribution >= 0.6 is 34.5 Å². The molecule has 4 nitrogen and oxygen atoms in total. The zero-order valence-electron chi connectivity index (χ0n) is 10.7. The molecule has 0 spiro atoms. The fourth-order valence-electron chi connectivity index (χ4n) is 1.78. The summed E-state index contributed by atoms with van der Waals surface area (Å²) in [6, 6.07) is 4.82. The molecule has 108 valence electrons. The van der Waals surface area contributed by atoms with E-state index in [0.29, 0.717) is 14.9 Å². The average Bonchev–Trinajstić information content (AvgIpc) is 2.74. The summed E-state index contributed by atoms with van der Waals surface area (Å²) in [5.74, 6) is -0.330. The maximum Gasteiger partial charge on any atom is 0.263 e. The number of methoxy groups -OCH3 is 1. The van der Waals surface area contributed by atoms with E-state index in [9.17, 15) is 4.79 Å². The third-order valence-electron chi connectivity index (χ3n) is 2.72. The smallest absolute Gasteiger partial charge is 0.263 e. The Morgan fingerprint density at radius 1 is 1.50 bits per heavy atom. The zero-order chi connectivity index (χ0) is 14.7. The van der Waals surface area contributed by atoms with Crippen molar-refractivity contribution in [2.45, 2.75) is 6.04 Å². The van der Waals surface area contributed by atoms with Crippen LogP contribution < -0.4 is 5.32 Å². The largest absolute Gasteiger partial charge is 0.394 e. The van der Waals surface area contributed by atoms with E-state index in [-0.39, 0.29) is 19.1 Å². The van der Waals surface area contributed by atoms with Gasteiger partial charge in [0, 0.05) is 22.2 Å². The van der Waals surface area contributed by atoms with Crippen LogP contribution in [-0.4, -0.2) is 37.4 Å². The van der Waals surface area contributed by atoms with Crippen molar-refractivity contribution in [3.05, 3.63) is 33.1 Å². The van der Waals surface area contributed by atoms with E-state index >= 15 is 0 Å². The van der Waals surface area contributed by atoms with Gasteiger partial charge in [0.15, 0.2) is 0 Å². The number of fused-ring (bicyclic) bond motifs is 1. The van der Waals surface area contributed by atoms with E-state index in [0.717, 1.165) is 10.1 Å². The third-order valence-corrected chi connectivity index (χ3v) is 4.61. The number of ether oxygens (including phenoxy) is 1. The molecular weight excluding hydrogens is 321 g/mol. The monoisotopic (exact) mass is 333 g/mol. The Morgan fingerprint density at radius 3 is 2.90 bits per heavy atom. The van der Waals surface area contributed by atoms with Gasteiger partial charge in [-0.2, -0.15) is 0 Å². The first-order valence-electron chi connectivity index (χ1n) is 5.85. The quantitative estimate of drug-likeness (QED) is 0.884. The van der Waals surface area contributed by atoms with Crippen molar-refractivity contribution >= 4 is 50.5 Å². The second-order valence-electron chi connectivity index (χ2n) is 4.19. The molecule has 1 amide bonds. The number of carbonyl (C=O) groups is 1. The zero-order valence-corrected chi connectivity index (χ0v) is 13.0. The summed E-state index contributed by atoms with van der Waals surface area (Å²) >= 11 is 13.4. The first-order valence-corrected chi connectivity index (χ1v) is 7.42. The molecule has 0 aliphatic heterocycles. The number of rotatable bonds is 5. The van der Waals surface area contributed by atoms with Gasteiger partial charge in [0.2, 0.25) is 0 Å². The number of nitrogens with one attached hydrogen (secondary N) is 1. The second-order valence-corrected chi connectivity index (χ2v) is 6.06. The number of aliphatic hydroxyl groups excluding tert-OH is 1. The molecule has 0 saturated heterocycles. The molecule has 0 aliphatic rings. The Hall–Kier alpha value is -0.850. The van der Waals surface area contributed by atoms with E-state index in [2.05, 4.69) is 5.32 Å². The van der Waals surface area contributed by atoms with Gasteiger partial charge in [0.1, 0.15) is 4.88 Å². The van der Waals surface area contributed by atoms with Crippen molar-refractivity contribution < 1.29 is 14.6 Å². The van der Waals surface area contributed by atoms with Gasteiger partial charge in [-0.3, -0.25) is 4.79 Å². The lowest BCUT2D eigenvalue weighted by molar-refractivity contribution is 0.0843. The summed E-state index contributed by atoms with van der Waals surface area (Å²) in [4.78, 5) is 12.6. The van der Waals surface area contributed by atoms with Crippen LogP contribution in [0.1, 0.15) is 9.67 Å². The highest BCUT2D eigenvalue weighted by Crippen LogP contribution is 2.36. The molecule has 0 bridgehead atoms. The average molecular weight is 334 g/mol. The van der Waals surface area contributed by atoms with Crippen LogP contribution in [0.4, 0.5) is 0 Å². The normalized spacial score (nSPS) is 12.6. The highest BCUT2D eigenvalue weighted by atomic mass is 35.5. The topological polar surface area (TPSA) is 58.6 Å². The minimum absolute atomic E-state index is 0.200. The van der Waals surface area contributed by atoms with Crippen molar-refractivity contribution in [2.24, 2.45) is 0 Å². The molecule has 2 aromatic rings. The molecule has 2 N–H and O–H groups in total. The summed E-state index contributed by atoms with van der Waals surface area (Å²) in [5, 5.41) is 13.6. The van der Waals surface area contributed by atoms with Crippen LogP contribution in [0.25, 0.3) is 10.1 Å². The van der Waals surface area contributed by atoms with Crippen molar-refractivity contribution in [1.29, 1.82) is 0 Å². The van der Waals surface area contributed by atoms with Crippen LogP contribution in [0.5, 0.6) is 0 Å². The lowest BCUT2D eigenvalue weighted by atomic mass is 10.2. The van der Waals surface area contributed by atoms with Gasteiger partial charge in [-0.15, -0.1) is 11.3 Å². The van der Waals surface area contributed by atoms with Crippen molar-refractivity contribution in [1.82, 2.24) is 5.32 Å². The lowest BCUT2D eigenvalue weighted by Gasteiger charge is -2.14. The fraction of sp³-hybridized carbons (Fsp3) is 0.308. The highest BCUT2D eigenvalue weighted by molar-refractivity contribution is 7.21. The number of benzene rings is 1. The van der Waals surface area contributed by atoms with Crippen LogP contribution in [0, 0.1) is 0 Å². The van der Waals surface area contributed by atoms with Crippen molar-refractivity contribution in [2.75, 3.05) is 20.3 Å². The van der Waals surface area contributed by atoms with E-state index < -0.39 is 6.04 Å². The Balaban J connectivity index is 2.28. The van der Waals surface area contributed by atoms with Crippen LogP contribution in [0.3, 0.4) is 0 Å². The SMILES string of the molecule is COCC(CO)NC(=O)c1sc2cc(Cl)ccc2c1Cl. The van der Waals surface area contributed by atoms with Gasteiger partial charge in [-0.05, 0) is 12.1 Å². The lowest BCUT2D eigenvalue weighted by Crippen LogP contribution is -2.40. The standard InChI is InChI=1S/C13H13Cl2NO3S/c1-19-6-8(5-17)16-13(18)12-11(15)9-3-2-7(14)4-10(9)20-12/h2-4,8,17H,5-6H2,1H3,(H,16,18). The molecule has 1 heterocycles. The fourth-order valence-corrected chi connectivity index (χ4v) is 3.47. The molecule has 1 aromatic heterocycles. The molecule has 1 aromatic carbocycles. The molecule has 7 heteroatoms.